The average molecular weight is 312 g/mol. The summed E-state index contributed by atoms with van der Waals surface area (Å²) in [6, 6.07) is 4.54. The largest absolute Gasteiger partial charge is 0.493 e. The van der Waals surface area contributed by atoms with Crippen molar-refractivity contribution >= 4 is 11.6 Å². The predicted octanol–water partition coefficient (Wildman–Crippen LogP) is 4.42. The number of nitrogens with one attached hydrogen (secondary N) is 1. The van der Waals surface area contributed by atoms with E-state index in [9.17, 15) is 0 Å². The summed E-state index contributed by atoms with van der Waals surface area (Å²) < 4.78 is 10.6. The molecular weight excluding hydrogens is 286 g/mol. The lowest BCUT2D eigenvalue weighted by Crippen LogP contribution is -2.35. The first-order chi connectivity index (χ1) is 9.95. The van der Waals surface area contributed by atoms with Crippen LogP contribution in [-0.2, 0) is 6.54 Å². The van der Waals surface area contributed by atoms with Crippen molar-refractivity contribution in [2.75, 3.05) is 14.2 Å². The first-order valence-electron chi connectivity index (χ1n) is 7.59. The van der Waals surface area contributed by atoms with Crippen LogP contribution < -0.4 is 14.8 Å². The normalized spacial score (nSPS) is 18.5. The zero-order valence-electron chi connectivity index (χ0n) is 13.5. The van der Waals surface area contributed by atoms with Crippen LogP contribution in [0.1, 0.15) is 45.1 Å². The number of hydrogen-bond donors (Lipinski definition) is 1. The second kappa shape index (κ2) is 6.89. The van der Waals surface area contributed by atoms with Gasteiger partial charge in [0.15, 0.2) is 11.5 Å². The highest BCUT2D eigenvalue weighted by atomic mass is 35.5. The topological polar surface area (TPSA) is 30.5 Å². The molecule has 1 N–H and O–H groups in total. The van der Waals surface area contributed by atoms with E-state index in [1.54, 1.807) is 14.2 Å². The van der Waals surface area contributed by atoms with Gasteiger partial charge in [-0.3, -0.25) is 0 Å². The zero-order chi connectivity index (χ0) is 15.5. The third kappa shape index (κ3) is 4.27. The van der Waals surface area contributed by atoms with Gasteiger partial charge in [0.05, 0.1) is 19.2 Å². The van der Waals surface area contributed by atoms with Gasteiger partial charge >= 0.3 is 0 Å². The third-order valence-corrected chi connectivity index (χ3v) is 4.71. The Morgan fingerprint density at radius 2 is 1.86 bits per heavy atom. The summed E-state index contributed by atoms with van der Waals surface area (Å²) in [5, 5.41) is 4.23. The van der Waals surface area contributed by atoms with Crippen molar-refractivity contribution in [3.05, 3.63) is 22.7 Å². The van der Waals surface area contributed by atoms with E-state index in [1.807, 2.05) is 12.1 Å². The molecule has 0 bridgehead atoms. The fraction of sp³-hybridized carbons (Fsp3) is 0.647. The van der Waals surface area contributed by atoms with Crippen molar-refractivity contribution < 1.29 is 9.47 Å². The molecule has 1 saturated carbocycles. The van der Waals surface area contributed by atoms with Crippen molar-refractivity contribution in [2.24, 2.45) is 5.41 Å². The monoisotopic (exact) mass is 311 g/mol. The van der Waals surface area contributed by atoms with Gasteiger partial charge in [-0.25, -0.2) is 0 Å². The molecule has 0 atom stereocenters. The van der Waals surface area contributed by atoms with Crippen molar-refractivity contribution in [3.8, 4) is 11.5 Å². The van der Waals surface area contributed by atoms with Crippen LogP contribution in [0.3, 0.4) is 0 Å². The second-order valence-corrected chi connectivity index (χ2v) is 7.04. The van der Waals surface area contributed by atoms with Crippen molar-refractivity contribution in [3.63, 3.8) is 0 Å². The molecule has 0 radical (unpaired) electrons. The van der Waals surface area contributed by atoms with Gasteiger partial charge in [0.25, 0.3) is 0 Å². The van der Waals surface area contributed by atoms with E-state index in [-0.39, 0.29) is 0 Å². The predicted molar refractivity (Wildman–Crippen MR) is 87.4 cm³/mol. The number of halogens is 1. The van der Waals surface area contributed by atoms with Gasteiger partial charge in [-0.1, -0.05) is 25.4 Å². The van der Waals surface area contributed by atoms with Crippen molar-refractivity contribution in [1.82, 2.24) is 5.32 Å². The Balaban J connectivity index is 1.96. The smallest absolute Gasteiger partial charge is 0.179 e. The molecule has 118 valence electrons. The SMILES string of the molecule is COc1cc(CNC2CCC(C)(C)CC2)cc(Cl)c1OC. The molecule has 0 aromatic heterocycles. The van der Waals surface area contributed by atoms with Crippen molar-refractivity contribution in [2.45, 2.75) is 52.1 Å². The molecule has 2 rings (SSSR count). The van der Waals surface area contributed by atoms with Crippen LogP contribution in [0.2, 0.25) is 5.02 Å². The minimum atomic E-state index is 0.505. The fourth-order valence-corrected chi connectivity index (χ4v) is 3.25. The average Bonchev–Trinajstić information content (AvgIpc) is 2.45. The van der Waals surface area contributed by atoms with E-state index in [0.717, 1.165) is 12.1 Å². The van der Waals surface area contributed by atoms with Crippen LogP contribution in [0.25, 0.3) is 0 Å². The molecular formula is C17H26ClNO2. The molecule has 0 aliphatic heterocycles. The first kappa shape index (κ1) is 16.4. The molecule has 1 aromatic carbocycles. The standard InChI is InChI=1S/C17H26ClNO2/c1-17(2)7-5-13(6-8-17)19-11-12-9-14(18)16(21-4)15(10-12)20-3/h9-10,13,19H,5-8,11H2,1-4H3. The quantitative estimate of drug-likeness (QED) is 0.873. The maximum atomic E-state index is 6.24. The number of ether oxygens (including phenoxy) is 2. The van der Waals surface area contributed by atoms with Gasteiger partial charge in [-0.15, -0.1) is 0 Å². The molecule has 0 heterocycles. The molecule has 1 aliphatic carbocycles. The van der Waals surface area contributed by atoms with E-state index in [2.05, 4.69) is 19.2 Å². The minimum Gasteiger partial charge on any atom is -0.493 e. The zero-order valence-corrected chi connectivity index (χ0v) is 14.2. The van der Waals surface area contributed by atoms with Crippen LogP contribution in [0.15, 0.2) is 12.1 Å². The first-order valence-corrected chi connectivity index (χ1v) is 7.97. The van der Waals surface area contributed by atoms with Crippen LogP contribution >= 0.6 is 11.6 Å². The third-order valence-electron chi connectivity index (χ3n) is 4.43. The number of rotatable bonds is 5. The van der Waals surface area contributed by atoms with Crippen LogP contribution in [0.4, 0.5) is 0 Å². The van der Waals surface area contributed by atoms with E-state index in [1.165, 1.54) is 25.7 Å². The lowest BCUT2D eigenvalue weighted by molar-refractivity contribution is 0.206. The Kier molecular flexibility index (Phi) is 5.39. The molecule has 4 heteroatoms. The van der Waals surface area contributed by atoms with Gasteiger partial charge in [0.1, 0.15) is 0 Å². The lowest BCUT2D eigenvalue weighted by atomic mass is 9.75. The highest BCUT2D eigenvalue weighted by Crippen LogP contribution is 2.37. The highest BCUT2D eigenvalue weighted by molar-refractivity contribution is 6.32. The molecule has 1 aliphatic rings. The maximum absolute atomic E-state index is 6.24. The summed E-state index contributed by atoms with van der Waals surface area (Å²) in [6.45, 7) is 5.53. The van der Waals surface area contributed by atoms with Crippen LogP contribution in [0, 0.1) is 5.41 Å². The second-order valence-electron chi connectivity index (χ2n) is 6.63. The molecule has 1 fully saturated rings. The summed E-state index contributed by atoms with van der Waals surface area (Å²) in [5.41, 5.74) is 1.63. The Morgan fingerprint density at radius 1 is 1.19 bits per heavy atom. The Bertz CT molecular complexity index is 478. The van der Waals surface area contributed by atoms with Gasteiger partial charge in [-0.05, 0) is 48.8 Å². The summed E-state index contributed by atoms with van der Waals surface area (Å²) in [6.07, 6.45) is 5.07. The number of benzene rings is 1. The van der Waals surface area contributed by atoms with E-state index < -0.39 is 0 Å². The fourth-order valence-electron chi connectivity index (χ4n) is 2.94. The van der Waals surface area contributed by atoms with Gasteiger partial charge < -0.3 is 14.8 Å². The summed E-state index contributed by atoms with van der Waals surface area (Å²) >= 11 is 6.24. The van der Waals surface area contributed by atoms with E-state index >= 15 is 0 Å². The molecule has 1 aromatic rings. The molecule has 0 spiro atoms. The molecule has 0 amide bonds. The molecule has 0 unspecified atom stereocenters. The van der Waals surface area contributed by atoms with Crippen LogP contribution in [-0.4, -0.2) is 20.3 Å². The van der Waals surface area contributed by atoms with Crippen molar-refractivity contribution in [1.29, 1.82) is 0 Å². The lowest BCUT2D eigenvalue weighted by Gasteiger charge is -2.34. The Hall–Kier alpha value is -0.930. The number of hydrogen-bond acceptors (Lipinski definition) is 3. The van der Waals surface area contributed by atoms with Crippen LogP contribution in [0.5, 0.6) is 11.5 Å². The highest BCUT2D eigenvalue weighted by Gasteiger charge is 2.26. The molecule has 0 saturated heterocycles. The molecule has 3 nitrogen and oxygen atoms in total. The minimum absolute atomic E-state index is 0.505. The van der Waals surface area contributed by atoms with E-state index in [4.69, 9.17) is 21.1 Å². The number of methoxy groups -OCH3 is 2. The Labute approximate surface area is 133 Å². The maximum Gasteiger partial charge on any atom is 0.179 e. The summed E-state index contributed by atoms with van der Waals surface area (Å²) in [5.74, 6) is 1.29. The van der Waals surface area contributed by atoms with E-state index in [0.29, 0.717) is 28.0 Å². The van der Waals surface area contributed by atoms with Gasteiger partial charge in [0.2, 0.25) is 0 Å². The van der Waals surface area contributed by atoms with Gasteiger partial charge in [0, 0.05) is 12.6 Å². The Morgan fingerprint density at radius 3 is 2.43 bits per heavy atom. The summed E-state index contributed by atoms with van der Waals surface area (Å²) in [4.78, 5) is 0. The summed E-state index contributed by atoms with van der Waals surface area (Å²) in [7, 11) is 3.24. The van der Waals surface area contributed by atoms with Gasteiger partial charge in [-0.2, -0.15) is 0 Å². The molecule has 21 heavy (non-hydrogen) atoms.